The maximum absolute atomic E-state index is 12.5. The number of rotatable bonds is 4. The number of amides is 1. The lowest BCUT2D eigenvalue weighted by molar-refractivity contribution is 0.0935. The highest BCUT2D eigenvalue weighted by molar-refractivity contribution is 5.96. The number of benzene rings is 2. The molecule has 2 heteroatoms. The fraction of sp³-hybridized carbons (Fsp3) is 0.316. The third kappa shape index (κ3) is 3.72. The SMILES string of the molecule is CC[C@H](NC(=O)c1cc(C)ccc1C)c1ccc(C)cc1. The Morgan fingerprint density at radius 1 is 1.00 bits per heavy atom. The molecule has 0 unspecified atom stereocenters. The molecule has 0 radical (unpaired) electrons. The summed E-state index contributed by atoms with van der Waals surface area (Å²) in [7, 11) is 0. The molecule has 2 rings (SSSR count). The monoisotopic (exact) mass is 281 g/mol. The molecule has 0 aliphatic rings. The lowest BCUT2D eigenvalue weighted by Crippen LogP contribution is -2.28. The fourth-order valence-corrected chi connectivity index (χ4v) is 2.44. The van der Waals surface area contributed by atoms with Crippen molar-refractivity contribution in [1.29, 1.82) is 0 Å². The number of nitrogens with one attached hydrogen (secondary N) is 1. The number of carbonyl (C=O) groups is 1. The van der Waals surface area contributed by atoms with Crippen LogP contribution in [0.2, 0.25) is 0 Å². The minimum absolute atomic E-state index is 0.00336. The van der Waals surface area contributed by atoms with E-state index < -0.39 is 0 Å². The van der Waals surface area contributed by atoms with Crippen LogP contribution in [-0.4, -0.2) is 5.91 Å². The number of aryl methyl sites for hydroxylation is 3. The number of carbonyl (C=O) groups excluding carboxylic acids is 1. The molecule has 0 aliphatic heterocycles. The Labute approximate surface area is 127 Å². The highest BCUT2D eigenvalue weighted by atomic mass is 16.1. The Balaban J connectivity index is 2.20. The van der Waals surface area contributed by atoms with Crippen LogP contribution in [-0.2, 0) is 0 Å². The lowest BCUT2D eigenvalue weighted by Gasteiger charge is -2.18. The Morgan fingerprint density at radius 3 is 2.24 bits per heavy atom. The second-order valence-electron chi connectivity index (χ2n) is 5.66. The van der Waals surface area contributed by atoms with Crippen molar-refractivity contribution in [2.24, 2.45) is 0 Å². The van der Waals surface area contributed by atoms with Crippen molar-refractivity contribution in [2.45, 2.75) is 40.2 Å². The molecule has 0 spiro atoms. The summed E-state index contributed by atoms with van der Waals surface area (Å²) in [5.74, 6) is 0.00336. The summed E-state index contributed by atoms with van der Waals surface area (Å²) in [6.45, 7) is 8.14. The van der Waals surface area contributed by atoms with Crippen LogP contribution >= 0.6 is 0 Å². The standard InChI is InChI=1S/C19H23NO/c1-5-18(16-10-7-13(2)8-11-16)20-19(21)17-12-14(3)6-9-15(17)4/h6-12,18H,5H2,1-4H3,(H,20,21)/t18-/m0/s1. The third-order valence-corrected chi connectivity index (χ3v) is 3.83. The summed E-state index contributed by atoms with van der Waals surface area (Å²) in [6, 6.07) is 14.4. The summed E-state index contributed by atoms with van der Waals surface area (Å²) < 4.78 is 0. The van der Waals surface area contributed by atoms with Gasteiger partial charge >= 0.3 is 0 Å². The first-order valence-corrected chi connectivity index (χ1v) is 7.46. The average Bonchev–Trinajstić information content (AvgIpc) is 2.48. The molecule has 110 valence electrons. The number of hydrogen-bond acceptors (Lipinski definition) is 1. The molecule has 21 heavy (non-hydrogen) atoms. The Kier molecular flexibility index (Phi) is 4.79. The molecule has 2 nitrogen and oxygen atoms in total. The van der Waals surface area contributed by atoms with Gasteiger partial charge in [-0.1, -0.05) is 54.4 Å². The van der Waals surface area contributed by atoms with Gasteiger partial charge in [0, 0.05) is 5.56 Å². The van der Waals surface area contributed by atoms with Gasteiger partial charge in [0.25, 0.3) is 5.91 Å². The molecule has 1 N–H and O–H groups in total. The van der Waals surface area contributed by atoms with E-state index in [9.17, 15) is 4.79 Å². The molecule has 0 saturated carbocycles. The van der Waals surface area contributed by atoms with Crippen molar-refractivity contribution >= 4 is 5.91 Å². The van der Waals surface area contributed by atoms with E-state index in [0.29, 0.717) is 0 Å². The first-order chi connectivity index (χ1) is 10.0. The van der Waals surface area contributed by atoms with Crippen molar-refractivity contribution < 1.29 is 4.79 Å². The van der Waals surface area contributed by atoms with Crippen molar-refractivity contribution in [3.05, 3.63) is 70.3 Å². The summed E-state index contributed by atoms with van der Waals surface area (Å²) >= 11 is 0. The molecule has 0 heterocycles. The van der Waals surface area contributed by atoms with Crippen LogP contribution in [0.4, 0.5) is 0 Å². The van der Waals surface area contributed by atoms with Crippen LogP contribution < -0.4 is 5.32 Å². The molecule has 2 aromatic carbocycles. The number of hydrogen-bond donors (Lipinski definition) is 1. The Bertz CT molecular complexity index is 629. The average molecular weight is 281 g/mol. The summed E-state index contributed by atoms with van der Waals surface area (Å²) in [5, 5.41) is 3.15. The normalized spacial score (nSPS) is 12.0. The van der Waals surface area contributed by atoms with Gasteiger partial charge in [-0.15, -0.1) is 0 Å². The molecular formula is C19H23NO. The van der Waals surface area contributed by atoms with E-state index in [4.69, 9.17) is 0 Å². The molecule has 0 bridgehead atoms. The highest BCUT2D eigenvalue weighted by Gasteiger charge is 2.15. The van der Waals surface area contributed by atoms with E-state index in [1.807, 2.05) is 32.0 Å². The quantitative estimate of drug-likeness (QED) is 0.878. The first kappa shape index (κ1) is 15.3. The zero-order valence-corrected chi connectivity index (χ0v) is 13.2. The predicted octanol–water partition coefficient (Wildman–Crippen LogP) is 4.49. The smallest absolute Gasteiger partial charge is 0.252 e. The van der Waals surface area contributed by atoms with E-state index >= 15 is 0 Å². The van der Waals surface area contributed by atoms with Crippen molar-refractivity contribution in [3.8, 4) is 0 Å². The van der Waals surface area contributed by atoms with Crippen LogP contribution in [0.3, 0.4) is 0 Å². The molecule has 1 atom stereocenters. The molecule has 0 saturated heterocycles. The minimum atomic E-state index is 0.00336. The van der Waals surface area contributed by atoms with Crippen molar-refractivity contribution in [2.75, 3.05) is 0 Å². The molecule has 0 aromatic heterocycles. The van der Waals surface area contributed by atoms with Gasteiger partial charge in [0.2, 0.25) is 0 Å². The van der Waals surface area contributed by atoms with E-state index in [1.54, 1.807) is 0 Å². The molecule has 1 amide bonds. The van der Waals surface area contributed by atoms with Gasteiger partial charge in [-0.2, -0.15) is 0 Å². The van der Waals surface area contributed by atoms with E-state index in [1.165, 1.54) is 5.56 Å². The lowest BCUT2D eigenvalue weighted by atomic mass is 10.0. The van der Waals surface area contributed by atoms with E-state index in [-0.39, 0.29) is 11.9 Å². The third-order valence-electron chi connectivity index (χ3n) is 3.83. The van der Waals surface area contributed by atoms with Gasteiger partial charge in [-0.25, -0.2) is 0 Å². The van der Waals surface area contributed by atoms with Crippen LogP contribution in [0, 0.1) is 20.8 Å². The maximum atomic E-state index is 12.5. The zero-order valence-electron chi connectivity index (χ0n) is 13.2. The molecular weight excluding hydrogens is 258 g/mol. The Morgan fingerprint density at radius 2 is 1.62 bits per heavy atom. The van der Waals surface area contributed by atoms with E-state index in [0.717, 1.165) is 28.7 Å². The van der Waals surface area contributed by atoms with Crippen molar-refractivity contribution in [1.82, 2.24) is 5.32 Å². The molecule has 2 aromatic rings. The van der Waals surface area contributed by atoms with Gasteiger partial charge in [-0.05, 0) is 44.4 Å². The van der Waals surface area contributed by atoms with Gasteiger partial charge < -0.3 is 5.32 Å². The van der Waals surface area contributed by atoms with E-state index in [2.05, 4.69) is 43.4 Å². The minimum Gasteiger partial charge on any atom is -0.345 e. The van der Waals surface area contributed by atoms with Crippen LogP contribution in [0.1, 0.15) is 52.0 Å². The zero-order chi connectivity index (χ0) is 15.4. The summed E-state index contributed by atoms with van der Waals surface area (Å²) in [5.41, 5.74) is 5.27. The second-order valence-corrected chi connectivity index (χ2v) is 5.66. The predicted molar refractivity (Wildman–Crippen MR) is 87.6 cm³/mol. The van der Waals surface area contributed by atoms with Crippen LogP contribution in [0.15, 0.2) is 42.5 Å². The van der Waals surface area contributed by atoms with Gasteiger partial charge in [0.15, 0.2) is 0 Å². The first-order valence-electron chi connectivity index (χ1n) is 7.46. The van der Waals surface area contributed by atoms with Crippen LogP contribution in [0.5, 0.6) is 0 Å². The van der Waals surface area contributed by atoms with Crippen molar-refractivity contribution in [3.63, 3.8) is 0 Å². The summed E-state index contributed by atoms with van der Waals surface area (Å²) in [4.78, 5) is 12.5. The van der Waals surface area contributed by atoms with Crippen LogP contribution in [0.25, 0.3) is 0 Å². The fourth-order valence-electron chi connectivity index (χ4n) is 2.44. The second kappa shape index (κ2) is 6.57. The summed E-state index contributed by atoms with van der Waals surface area (Å²) in [6.07, 6.45) is 0.875. The maximum Gasteiger partial charge on any atom is 0.252 e. The van der Waals surface area contributed by atoms with Gasteiger partial charge in [0.05, 0.1) is 6.04 Å². The Hall–Kier alpha value is -2.09. The molecule has 0 fully saturated rings. The molecule has 0 aliphatic carbocycles. The largest absolute Gasteiger partial charge is 0.345 e. The highest BCUT2D eigenvalue weighted by Crippen LogP contribution is 2.19. The van der Waals surface area contributed by atoms with Gasteiger partial charge in [-0.3, -0.25) is 4.79 Å². The topological polar surface area (TPSA) is 29.1 Å². The van der Waals surface area contributed by atoms with Gasteiger partial charge in [0.1, 0.15) is 0 Å².